The van der Waals surface area contributed by atoms with Crippen molar-refractivity contribution in [1.29, 1.82) is 0 Å². The Hall–Kier alpha value is -0.650. The number of carboxylic acid groups (broad SMARTS) is 1. The number of nitrogens with zero attached hydrogens (tertiary/aromatic N) is 1. The summed E-state index contributed by atoms with van der Waals surface area (Å²) in [5, 5.41) is 12.5. The Balaban J connectivity index is 1.81. The molecule has 0 bridgehead atoms. The molecular formula is C15H28N2O3. The van der Waals surface area contributed by atoms with E-state index in [1.54, 1.807) is 6.92 Å². The van der Waals surface area contributed by atoms with Gasteiger partial charge in [-0.1, -0.05) is 6.92 Å². The van der Waals surface area contributed by atoms with E-state index in [9.17, 15) is 9.90 Å². The van der Waals surface area contributed by atoms with Crippen LogP contribution in [0.2, 0.25) is 0 Å². The van der Waals surface area contributed by atoms with Gasteiger partial charge in [-0.15, -0.1) is 0 Å². The summed E-state index contributed by atoms with van der Waals surface area (Å²) in [6.07, 6.45) is 5.68. The summed E-state index contributed by atoms with van der Waals surface area (Å²) in [4.78, 5) is 13.9. The Morgan fingerprint density at radius 1 is 1.50 bits per heavy atom. The van der Waals surface area contributed by atoms with Gasteiger partial charge >= 0.3 is 5.97 Å². The number of aliphatic carboxylic acids is 1. The third-order valence-electron chi connectivity index (χ3n) is 4.76. The van der Waals surface area contributed by atoms with Gasteiger partial charge in [-0.2, -0.15) is 0 Å². The highest BCUT2D eigenvalue weighted by Gasteiger charge is 2.36. The SMILES string of the molecule is CCNC(C)(CCCN1CCOC2CCCC21)C(=O)O. The van der Waals surface area contributed by atoms with Crippen LogP contribution < -0.4 is 5.32 Å². The fourth-order valence-corrected chi connectivity index (χ4v) is 3.58. The maximum atomic E-state index is 11.4. The lowest BCUT2D eigenvalue weighted by atomic mass is 9.95. The molecule has 0 aromatic carbocycles. The molecule has 2 fully saturated rings. The molecular weight excluding hydrogens is 256 g/mol. The van der Waals surface area contributed by atoms with E-state index in [1.165, 1.54) is 19.3 Å². The summed E-state index contributed by atoms with van der Waals surface area (Å²) in [5.74, 6) is -0.750. The molecule has 1 aliphatic carbocycles. The van der Waals surface area contributed by atoms with Crippen molar-refractivity contribution < 1.29 is 14.6 Å². The minimum atomic E-state index is -0.796. The summed E-state index contributed by atoms with van der Waals surface area (Å²) in [5.41, 5.74) is -0.796. The molecule has 2 N–H and O–H groups in total. The Morgan fingerprint density at radius 2 is 2.30 bits per heavy atom. The molecule has 5 heteroatoms. The summed E-state index contributed by atoms with van der Waals surface area (Å²) in [6, 6.07) is 0.568. The van der Waals surface area contributed by atoms with E-state index in [2.05, 4.69) is 10.2 Å². The molecule has 0 aromatic heterocycles. The van der Waals surface area contributed by atoms with Crippen LogP contribution in [0.15, 0.2) is 0 Å². The maximum Gasteiger partial charge on any atom is 0.323 e. The smallest absolute Gasteiger partial charge is 0.323 e. The van der Waals surface area contributed by atoms with E-state index < -0.39 is 11.5 Å². The molecule has 2 aliphatic rings. The largest absolute Gasteiger partial charge is 0.480 e. The summed E-state index contributed by atoms with van der Waals surface area (Å²) < 4.78 is 5.81. The molecule has 1 saturated heterocycles. The van der Waals surface area contributed by atoms with Gasteiger partial charge in [-0.25, -0.2) is 0 Å². The molecule has 1 saturated carbocycles. The number of likely N-dealkylation sites (N-methyl/N-ethyl adjacent to an activating group) is 1. The van der Waals surface area contributed by atoms with Gasteiger partial charge in [0.2, 0.25) is 0 Å². The van der Waals surface area contributed by atoms with E-state index in [1.807, 2.05) is 6.92 Å². The molecule has 1 heterocycles. The van der Waals surface area contributed by atoms with Gasteiger partial charge in [0.1, 0.15) is 5.54 Å². The minimum Gasteiger partial charge on any atom is -0.480 e. The van der Waals surface area contributed by atoms with Gasteiger partial charge in [-0.3, -0.25) is 9.69 Å². The molecule has 0 radical (unpaired) electrons. The van der Waals surface area contributed by atoms with Gasteiger partial charge < -0.3 is 15.2 Å². The predicted octanol–water partition coefficient (Wildman–Crippen LogP) is 1.47. The molecule has 2 rings (SSSR count). The molecule has 0 spiro atoms. The lowest BCUT2D eigenvalue weighted by Gasteiger charge is -2.38. The maximum absolute atomic E-state index is 11.4. The van der Waals surface area contributed by atoms with Crippen LogP contribution in [0.3, 0.4) is 0 Å². The second-order valence-electron chi connectivity index (χ2n) is 6.21. The van der Waals surface area contributed by atoms with Crippen LogP contribution in [0.4, 0.5) is 0 Å². The average Bonchev–Trinajstić information content (AvgIpc) is 2.88. The number of nitrogens with one attached hydrogen (secondary N) is 1. The van der Waals surface area contributed by atoms with Gasteiger partial charge in [0.05, 0.1) is 12.7 Å². The predicted molar refractivity (Wildman–Crippen MR) is 77.9 cm³/mol. The van der Waals surface area contributed by atoms with Crippen molar-refractivity contribution in [3.05, 3.63) is 0 Å². The zero-order chi connectivity index (χ0) is 14.6. The number of hydrogen-bond donors (Lipinski definition) is 2. The third kappa shape index (κ3) is 3.51. The van der Waals surface area contributed by atoms with Crippen LogP contribution in [0, 0.1) is 0 Å². The lowest BCUT2D eigenvalue weighted by Crippen LogP contribution is -2.51. The number of hydrogen-bond acceptors (Lipinski definition) is 4. The number of carbonyl (C=O) groups is 1. The third-order valence-corrected chi connectivity index (χ3v) is 4.76. The first kappa shape index (κ1) is 15.7. The fourth-order valence-electron chi connectivity index (χ4n) is 3.58. The quantitative estimate of drug-likeness (QED) is 0.741. The average molecular weight is 284 g/mol. The molecule has 20 heavy (non-hydrogen) atoms. The summed E-state index contributed by atoms with van der Waals surface area (Å²) in [7, 11) is 0. The Morgan fingerprint density at radius 3 is 3.00 bits per heavy atom. The highest BCUT2D eigenvalue weighted by molar-refractivity contribution is 5.78. The summed E-state index contributed by atoms with van der Waals surface area (Å²) >= 11 is 0. The Kier molecular flexibility index (Phi) is 5.41. The minimum absolute atomic E-state index is 0.420. The molecule has 1 aliphatic heterocycles. The second kappa shape index (κ2) is 6.87. The van der Waals surface area contributed by atoms with Crippen LogP contribution in [0.25, 0.3) is 0 Å². The van der Waals surface area contributed by atoms with Crippen LogP contribution >= 0.6 is 0 Å². The van der Waals surface area contributed by atoms with E-state index in [4.69, 9.17) is 4.74 Å². The lowest BCUT2D eigenvalue weighted by molar-refractivity contribution is -0.144. The van der Waals surface area contributed by atoms with Crippen molar-refractivity contribution in [2.24, 2.45) is 0 Å². The first-order valence-electron chi connectivity index (χ1n) is 7.91. The van der Waals surface area contributed by atoms with E-state index >= 15 is 0 Å². The molecule has 3 atom stereocenters. The monoisotopic (exact) mass is 284 g/mol. The van der Waals surface area contributed by atoms with Crippen LogP contribution in [-0.2, 0) is 9.53 Å². The normalized spacial score (nSPS) is 29.9. The zero-order valence-electron chi connectivity index (χ0n) is 12.7. The Labute approximate surface area is 121 Å². The highest BCUT2D eigenvalue weighted by Crippen LogP contribution is 2.30. The Bertz CT molecular complexity index is 337. The van der Waals surface area contributed by atoms with E-state index in [0.717, 1.165) is 26.1 Å². The first-order valence-corrected chi connectivity index (χ1v) is 7.91. The zero-order valence-corrected chi connectivity index (χ0v) is 12.7. The highest BCUT2D eigenvalue weighted by atomic mass is 16.5. The molecule has 0 amide bonds. The van der Waals surface area contributed by atoms with Crippen LogP contribution in [-0.4, -0.2) is 59.9 Å². The number of morpholine rings is 1. The fraction of sp³-hybridized carbons (Fsp3) is 0.933. The van der Waals surface area contributed by atoms with Crippen LogP contribution in [0.5, 0.6) is 0 Å². The molecule has 0 aromatic rings. The van der Waals surface area contributed by atoms with E-state index in [-0.39, 0.29) is 0 Å². The topological polar surface area (TPSA) is 61.8 Å². The van der Waals surface area contributed by atoms with Crippen molar-refractivity contribution in [2.45, 2.75) is 63.6 Å². The van der Waals surface area contributed by atoms with Crippen molar-refractivity contribution in [2.75, 3.05) is 26.2 Å². The van der Waals surface area contributed by atoms with Crippen molar-refractivity contribution in [1.82, 2.24) is 10.2 Å². The number of rotatable bonds is 7. The second-order valence-corrected chi connectivity index (χ2v) is 6.21. The number of fused-ring (bicyclic) bond motifs is 1. The van der Waals surface area contributed by atoms with Crippen molar-refractivity contribution >= 4 is 5.97 Å². The van der Waals surface area contributed by atoms with E-state index in [0.29, 0.717) is 25.1 Å². The van der Waals surface area contributed by atoms with Gasteiger partial charge in [-0.05, 0) is 52.1 Å². The van der Waals surface area contributed by atoms with Gasteiger partial charge in [0.15, 0.2) is 0 Å². The van der Waals surface area contributed by atoms with Crippen LogP contribution in [0.1, 0.15) is 46.0 Å². The number of ether oxygens (including phenoxy) is 1. The van der Waals surface area contributed by atoms with Gasteiger partial charge in [0, 0.05) is 12.6 Å². The first-order chi connectivity index (χ1) is 9.57. The molecule has 3 unspecified atom stereocenters. The number of carboxylic acids is 1. The van der Waals surface area contributed by atoms with Gasteiger partial charge in [0.25, 0.3) is 0 Å². The molecule has 116 valence electrons. The standard InChI is InChI=1S/C15H28N2O3/c1-3-16-15(2,14(18)19)8-5-9-17-10-11-20-13-7-4-6-12(13)17/h12-13,16H,3-11H2,1-2H3,(H,18,19). The van der Waals surface area contributed by atoms with Crippen molar-refractivity contribution in [3.63, 3.8) is 0 Å². The summed E-state index contributed by atoms with van der Waals surface area (Å²) in [6.45, 7) is 7.23. The van der Waals surface area contributed by atoms with Crippen molar-refractivity contribution in [3.8, 4) is 0 Å². The molecule has 5 nitrogen and oxygen atoms in total.